The standard InChI is InChI=1S/C8H8F2INO2S/c9-8(10,4-13)3-12-7(14)5-1-6(11)15-2-5/h1-2,13H,3-4H2,(H,12,14). The van der Waals surface area contributed by atoms with Crippen LogP contribution in [-0.4, -0.2) is 30.1 Å². The van der Waals surface area contributed by atoms with Gasteiger partial charge in [-0.25, -0.2) is 8.78 Å². The molecule has 0 aliphatic carbocycles. The summed E-state index contributed by atoms with van der Waals surface area (Å²) in [6, 6.07) is 1.61. The Hall–Kier alpha value is -0.280. The van der Waals surface area contributed by atoms with E-state index in [0.717, 1.165) is 2.88 Å². The average Bonchev–Trinajstić information content (AvgIpc) is 2.61. The molecule has 1 aromatic heterocycles. The molecule has 15 heavy (non-hydrogen) atoms. The molecule has 2 N–H and O–H groups in total. The van der Waals surface area contributed by atoms with Gasteiger partial charge in [0.15, 0.2) is 0 Å². The summed E-state index contributed by atoms with van der Waals surface area (Å²) in [5.74, 6) is -3.82. The van der Waals surface area contributed by atoms with Crippen LogP contribution in [0.3, 0.4) is 0 Å². The van der Waals surface area contributed by atoms with E-state index in [4.69, 9.17) is 5.11 Å². The first kappa shape index (κ1) is 12.8. The molecule has 1 aromatic rings. The fraction of sp³-hybridized carbons (Fsp3) is 0.375. The van der Waals surface area contributed by atoms with E-state index in [0.29, 0.717) is 5.56 Å². The van der Waals surface area contributed by atoms with Gasteiger partial charge < -0.3 is 10.4 Å². The quantitative estimate of drug-likeness (QED) is 0.815. The van der Waals surface area contributed by atoms with Gasteiger partial charge >= 0.3 is 0 Å². The van der Waals surface area contributed by atoms with Crippen LogP contribution in [-0.2, 0) is 0 Å². The van der Waals surface area contributed by atoms with E-state index in [1.165, 1.54) is 11.3 Å². The van der Waals surface area contributed by atoms with Crippen molar-refractivity contribution < 1.29 is 18.7 Å². The van der Waals surface area contributed by atoms with E-state index in [2.05, 4.69) is 5.32 Å². The maximum Gasteiger partial charge on any atom is 0.287 e. The van der Waals surface area contributed by atoms with Crippen molar-refractivity contribution in [3.05, 3.63) is 19.9 Å². The molecule has 1 rings (SSSR count). The van der Waals surface area contributed by atoms with Crippen LogP contribution >= 0.6 is 33.9 Å². The number of thiophene rings is 1. The van der Waals surface area contributed by atoms with Gasteiger partial charge in [-0.15, -0.1) is 11.3 Å². The summed E-state index contributed by atoms with van der Waals surface area (Å²) >= 11 is 3.40. The minimum Gasteiger partial charge on any atom is -0.390 e. The topological polar surface area (TPSA) is 49.3 Å². The lowest BCUT2D eigenvalue weighted by Gasteiger charge is -2.13. The van der Waals surface area contributed by atoms with Crippen molar-refractivity contribution >= 4 is 39.8 Å². The Labute approximate surface area is 103 Å². The fourth-order valence-electron chi connectivity index (χ4n) is 0.797. The van der Waals surface area contributed by atoms with Crippen LogP contribution < -0.4 is 5.32 Å². The minimum absolute atomic E-state index is 0.359. The number of alkyl halides is 2. The number of carbonyl (C=O) groups excluding carboxylic acids is 1. The van der Waals surface area contributed by atoms with Crippen LogP contribution in [0.25, 0.3) is 0 Å². The summed E-state index contributed by atoms with van der Waals surface area (Å²) < 4.78 is 26.1. The molecule has 0 aliphatic rings. The molecular formula is C8H8F2INO2S. The predicted molar refractivity (Wildman–Crippen MR) is 61.4 cm³/mol. The molecule has 0 aliphatic heterocycles. The van der Waals surface area contributed by atoms with Crippen molar-refractivity contribution in [3.8, 4) is 0 Å². The Bertz CT molecular complexity index is 356. The molecule has 84 valence electrons. The first-order chi connectivity index (χ1) is 6.94. The number of aliphatic hydroxyl groups is 1. The van der Waals surface area contributed by atoms with Crippen molar-refractivity contribution in [2.45, 2.75) is 5.92 Å². The number of hydrogen-bond acceptors (Lipinski definition) is 3. The summed E-state index contributed by atoms with van der Waals surface area (Å²) in [6.45, 7) is -2.12. The highest BCUT2D eigenvalue weighted by atomic mass is 127. The molecule has 7 heteroatoms. The fourth-order valence-corrected chi connectivity index (χ4v) is 2.12. The number of rotatable bonds is 4. The van der Waals surface area contributed by atoms with Gasteiger partial charge in [0.2, 0.25) is 0 Å². The lowest BCUT2D eigenvalue weighted by molar-refractivity contribution is -0.0461. The number of carbonyl (C=O) groups is 1. The summed E-state index contributed by atoms with van der Waals surface area (Å²) in [4.78, 5) is 11.3. The molecule has 0 spiro atoms. The second-order valence-electron chi connectivity index (χ2n) is 2.84. The Morgan fingerprint density at radius 2 is 2.33 bits per heavy atom. The third kappa shape index (κ3) is 3.99. The maximum absolute atomic E-state index is 12.6. The van der Waals surface area contributed by atoms with Crippen LogP contribution in [0.2, 0.25) is 0 Å². The van der Waals surface area contributed by atoms with Gasteiger partial charge in [0.1, 0.15) is 6.61 Å². The molecule has 0 radical (unpaired) electrons. The number of amides is 1. The molecule has 0 atom stereocenters. The number of aliphatic hydroxyl groups excluding tert-OH is 1. The van der Waals surface area contributed by atoms with Gasteiger partial charge in [-0.3, -0.25) is 4.79 Å². The Kier molecular flexibility index (Phi) is 4.41. The highest BCUT2D eigenvalue weighted by molar-refractivity contribution is 14.1. The number of nitrogens with one attached hydrogen (secondary N) is 1. The van der Waals surface area contributed by atoms with E-state index in [9.17, 15) is 13.6 Å². The zero-order chi connectivity index (χ0) is 11.5. The largest absolute Gasteiger partial charge is 0.390 e. The summed E-state index contributed by atoms with van der Waals surface area (Å²) in [6.07, 6.45) is 0. The molecule has 0 saturated carbocycles. The predicted octanol–water partition coefficient (Wildman–Crippen LogP) is 1.71. The van der Waals surface area contributed by atoms with Crippen molar-refractivity contribution in [1.29, 1.82) is 0 Å². The third-order valence-electron chi connectivity index (χ3n) is 1.57. The van der Waals surface area contributed by atoms with Crippen molar-refractivity contribution in [1.82, 2.24) is 5.32 Å². The maximum atomic E-state index is 12.6. The lowest BCUT2D eigenvalue weighted by Crippen LogP contribution is -2.38. The molecular weight excluding hydrogens is 339 g/mol. The molecule has 0 aromatic carbocycles. The van der Waals surface area contributed by atoms with Crippen LogP contribution in [0.5, 0.6) is 0 Å². The molecule has 1 heterocycles. The molecule has 3 nitrogen and oxygen atoms in total. The zero-order valence-corrected chi connectivity index (χ0v) is 10.4. The number of hydrogen-bond donors (Lipinski definition) is 2. The van der Waals surface area contributed by atoms with Gasteiger partial charge in [0.05, 0.1) is 15.0 Å². The van der Waals surface area contributed by atoms with E-state index >= 15 is 0 Å². The first-order valence-corrected chi connectivity index (χ1v) is 5.91. The second-order valence-corrected chi connectivity index (χ2v) is 5.64. The summed E-state index contributed by atoms with van der Waals surface area (Å²) in [5.41, 5.74) is 0.359. The third-order valence-corrected chi connectivity index (χ3v) is 3.36. The van der Waals surface area contributed by atoms with Crippen LogP contribution in [0.1, 0.15) is 10.4 Å². The highest BCUT2D eigenvalue weighted by Gasteiger charge is 2.28. The van der Waals surface area contributed by atoms with Gasteiger partial charge in [-0.2, -0.15) is 0 Å². The molecule has 1 amide bonds. The summed E-state index contributed by atoms with van der Waals surface area (Å²) in [5, 5.41) is 11.9. The Balaban J connectivity index is 2.50. The SMILES string of the molecule is O=C(NCC(F)(F)CO)c1csc(I)c1. The summed E-state index contributed by atoms with van der Waals surface area (Å²) in [7, 11) is 0. The van der Waals surface area contributed by atoms with Crippen LogP contribution in [0, 0.1) is 2.88 Å². The zero-order valence-electron chi connectivity index (χ0n) is 7.47. The normalized spacial score (nSPS) is 11.5. The van der Waals surface area contributed by atoms with E-state index in [-0.39, 0.29) is 0 Å². The second kappa shape index (κ2) is 5.17. The minimum atomic E-state index is -3.27. The van der Waals surface area contributed by atoms with Crippen molar-refractivity contribution in [3.63, 3.8) is 0 Å². The average molecular weight is 347 g/mol. The van der Waals surface area contributed by atoms with Crippen molar-refractivity contribution in [2.75, 3.05) is 13.2 Å². The van der Waals surface area contributed by atoms with Crippen LogP contribution in [0.4, 0.5) is 8.78 Å². The smallest absolute Gasteiger partial charge is 0.287 e. The van der Waals surface area contributed by atoms with Crippen molar-refractivity contribution in [2.24, 2.45) is 0 Å². The van der Waals surface area contributed by atoms with Gasteiger partial charge in [0.25, 0.3) is 11.8 Å². The first-order valence-electron chi connectivity index (χ1n) is 3.95. The van der Waals surface area contributed by atoms with E-state index in [1.807, 2.05) is 22.6 Å². The molecule has 0 bridgehead atoms. The molecule has 0 saturated heterocycles. The molecule has 0 unspecified atom stereocenters. The highest BCUT2D eigenvalue weighted by Crippen LogP contribution is 2.17. The van der Waals surface area contributed by atoms with Crippen LogP contribution in [0.15, 0.2) is 11.4 Å². The van der Waals surface area contributed by atoms with Gasteiger partial charge in [0, 0.05) is 5.38 Å². The van der Waals surface area contributed by atoms with Gasteiger partial charge in [-0.05, 0) is 28.7 Å². The van der Waals surface area contributed by atoms with E-state index < -0.39 is 25.0 Å². The lowest BCUT2D eigenvalue weighted by atomic mass is 10.3. The monoisotopic (exact) mass is 347 g/mol. The van der Waals surface area contributed by atoms with Gasteiger partial charge in [-0.1, -0.05) is 0 Å². The Morgan fingerprint density at radius 1 is 1.67 bits per heavy atom. The number of halogens is 3. The van der Waals surface area contributed by atoms with E-state index in [1.54, 1.807) is 11.4 Å². The molecule has 0 fully saturated rings. The Morgan fingerprint density at radius 3 is 2.80 bits per heavy atom.